The van der Waals surface area contributed by atoms with E-state index in [1.165, 1.54) is 12.8 Å². The fraction of sp³-hybridized carbons (Fsp3) is 0.571. The molecule has 1 aliphatic rings. The Morgan fingerprint density at radius 1 is 1.47 bits per heavy atom. The van der Waals surface area contributed by atoms with Crippen LogP contribution in [0.4, 0.5) is 5.95 Å². The third-order valence-electron chi connectivity index (χ3n) is 3.66. The van der Waals surface area contributed by atoms with E-state index in [4.69, 9.17) is 0 Å². The first-order valence-corrected chi connectivity index (χ1v) is 7.17. The Balaban J connectivity index is 1.89. The van der Waals surface area contributed by atoms with Crippen molar-refractivity contribution in [1.29, 1.82) is 0 Å². The summed E-state index contributed by atoms with van der Waals surface area (Å²) >= 11 is 0. The Hall–Kier alpha value is -1.62. The number of aromatic nitrogens is 3. The molecule has 102 valence electrons. The Labute approximate surface area is 113 Å². The van der Waals surface area contributed by atoms with E-state index >= 15 is 0 Å². The molecule has 1 saturated heterocycles. The molecule has 2 aromatic heterocycles. The molecule has 0 amide bonds. The van der Waals surface area contributed by atoms with Gasteiger partial charge < -0.3 is 10.2 Å². The Morgan fingerprint density at radius 3 is 3.16 bits per heavy atom. The Kier molecular flexibility index (Phi) is 3.64. The number of piperidine rings is 1. The van der Waals surface area contributed by atoms with Gasteiger partial charge in [-0.3, -0.25) is 0 Å². The van der Waals surface area contributed by atoms with Gasteiger partial charge in [-0.15, -0.1) is 5.10 Å². The minimum atomic E-state index is 0.520. The zero-order chi connectivity index (χ0) is 13.1. The summed E-state index contributed by atoms with van der Waals surface area (Å²) in [7, 11) is 0. The van der Waals surface area contributed by atoms with E-state index in [-0.39, 0.29) is 0 Å². The summed E-state index contributed by atoms with van der Waals surface area (Å²) in [6.45, 7) is 5.40. The highest BCUT2D eigenvalue weighted by atomic mass is 15.4. The molecule has 1 aliphatic heterocycles. The van der Waals surface area contributed by atoms with E-state index in [1.54, 1.807) is 0 Å². The van der Waals surface area contributed by atoms with E-state index in [1.807, 2.05) is 28.9 Å². The van der Waals surface area contributed by atoms with Gasteiger partial charge in [0.15, 0.2) is 5.65 Å². The van der Waals surface area contributed by atoms with Gasteiger partial charge in [-0.25, -0.2) is 4.52 Å². The molecule has 5 nitrogen and oxygen atoms in total. The molecule has 1 unspecified atom stereocenters. The zero-order valence-corrected chi connectivity index (χ0v) is 11.4. The highest BCUT2D eigenvalue weighted by molar-refractivity contribution is 5.45. The van der Waals surface area contributed by atoms with Gasteiger partial charge in [-0.05, 0) is 37.9 Å². The van der Waals surface area contributed by atoms with E-state index in [2.05, 4.69) is 27.2 Å². The van der Waals surface area contributed by atoms with Crippen LogP contribution in [0.25, 0.3) is 5.65 Å². The lowest BCUT2D eigenvalue weighted by Crippen LogP contribution is -2.47. The number of pyridine rings is 1. The molecule has 0 spiro atoms. The Morgan fingerprint density at radius 2 is 2.42 bits per heavy atom. The summed E-state index contributed by atoms with van der Waals surface area (Å²) in [5, 5.41) is 8.08. The van der Waals surface area contributed by atoms with Crippen LogP contribution in [-0.2, 0) is 0 Å². The maximum atomic E-state index is 4.66. The van der Waals surface area contributed by atoms with Gasteiger partial charge in [0.1, 0.15) is 0 Å². The van der Waals surface area contributed by atoms with Crippen LogP contribution in [0.1, 0.15) is 26.2 Å². The number of nitrogens with zero attached hydrogens (tertiary/aromatic N) is 4. The number of hydrogen-bond acceptors (Lipinski definition) is 4. The second-order valence-electron chi connectivity index (χ2n) is 5.11. The first-order chi connectivity index (χ1) is 9.38. The predicted molar refractivity (Wildman–Crippen MR) is 76.5 cm³/mol. The largest absolute Gasteiger partial charge is 0.335 e. The molecule has 0 saturated carbocycles. The van der Waals surface area contributed by atoms with Crippen molar-refractivity contribution in [2.45, 2.75) is 32.2 Å². The van der Waals surface area contributed by atoms with Crippen molar-refractivity contribution in [2.24, 2.45) is 0 Å². The topological polar surface area (TPSA) is 45.5 Å². The van der Waals surface area contributed by atoms with Crippen molar-refractivity contribution >= 4 is 11.6 Å². The summed E-state index contributed by atoms with van der Waals surface area (Å²) < 4.78 is 1.86. The molecule has 0 aliphatic carbocycles. The van der Waals surface area contributed by atoms with Gasteiger partial charge in [0, 0.05) is 25.3 Å². The lowest BCUT2D eigenvalue weighted by Gasteiger charge is -2.33. The van der Waals surface area contributed by atoms with Crippen molar-refractivity contribution in [3.63, 3.8) is 0 Å². The summed E-state index contributed by atoms with van der Waals surface area (Å²) in [6.07, 6.45) is 5.53. The van der Waals surface area contributed by atoms with Crippen molar-refractivity contribution in [3.8, 4) is 0 Å². The predicted octanol–water partition coefficient (Wildman–Crippen LogP) is 1.70. The highest BCUT2D eigenvalue weighted by Gasteiger charge is 2.23. The van der Waals surface area contributed by atoms with E-state index in [9.17, 15) is 0 Å². The summed E-state index contributed by atoms with van der Waals surface area (Å²) in [5.74, 6) is 0.863. The smallest absolute Gasteiger partial charge is 0.245 e. The monoisotopic (exact) mass is 259 g/mol. The van der Waals surface area contributed by atoms with Gasteiger partial charge in [-0.2, -0.15) is 4.98 Å². The number of nitrogens with one attached hydrogen (secondary N) is 1. The van der Waals surface area contributed by atoms with E-state index in [0.29, 0.717) is 6.04 Å². The van der Waals surface area contributed by atoms with Gasteiger partial charge >= 0.3 is 0 Å². The average Bonchev–Trinajstić information content (AvgIpc) is 2.89. The number of rotatable bonds is 4. The van der Waals surface area contributed by atoms with Crippen LogP contribution < -0.4 is 10.2 Å². The van der Waals surface area contributed by atoms with Crippen molar-refractivity contribution in [1.82, 2.24) is 19.9 Å². The molecule has 19 heavy (non-hydrogen) atoms. The molecule has 3 heterocycles. The van der Waals surface area contributed by atoms with Crippen molar-refractivity contribution in [3.05, 3.63) is 24.4 Å². The van der Waals surface area contributed by atoms with Crippen LogP contribution in [0.3, 0.4) is 0 Å². The molecule has 1 N–H and O–H groups in total. The second-order valence-corrected chi connectivity index (χ2v) is 5.11. The van der Waals surface area contributed by atoms with E-state index in [0.717, 1.165) is 37.7 Å². The van der Waals surface area contributed by atoms with Crippen LogP contribution in [0.5, 0.6) is 0 Å². The minimum absolute atomic E-state index is 0.520. The fourth-order valence-corrected chi connectivity index (χ4v) is 2.73. The quantitative estimate of drug-likeness (QED) is 0.907. The van der Waals surface area contributed by atoms with Crippen LogP contribution in [0.15, 0.2) is 24.4 Å². The van der Waals surface area contributed by atoms with Gasteiger partial charge in [-0.1, -0.05) is 13.0 Å². The van der Waals surface area contributed by atoms with Crippen LogP contribution >= 0.6 is 0 Å². The Bertz CT molecular complexity index is 496. The first-order valence-electron chi connectivity index (χ1n) is 7.17. The molecule has 1 atom stereocenters. The molecule has 1 fully saturated rings. The van der Waals surface area contributed by atoms with Crippen molar-refractivity contribution in [2.75, 3.05) is 24.5 Å². The molecule has 5 heteroatoms. The van der Waals surface area contributed by atoms with Crippen LogP contribution in [0, 0.1) is 0 Å². The second kappa shape index (κ2) is 5.57. The minimum Gasteiger partial charge on any atom is -0.335 e. The third-order valence-corrected chi connectivity index (χ3v) is 3.66. The molecular weight excluding hydrogens is 238 g/mol. The maximum Gasteiger partial charge on any atom is 0.245 e. The normalized spacial score (nSPS) is 19.7. The van der Waals surface area contributed by atoms with E-state index < -0.39 is 0 Å². The number of anilines is 1. The number of fused-ring (bicyclic) bond motifs is 1. The van der Waals surface area contributed by atoms with Crippen LogP contribution in [-0.4, -0.2) is 40.3 Å². The highest BCUT2D eigenvalue weighted by Crippen LogP contribution is 2.18. The third kappa shape index (κ3) is 2.56. The lowest BCUT2D eigenvalue weighted by atomic mass is 10.1. The molecule has 0 aromatic carbocycles. The van der Waals surface area contributed by atoms with Crippen molar-refractivity contribution < 1.29 is 0 Å². The molecule has 2 aromatic rings. The molecule has 3 rings (SSSR count). The summed E-state index contributed by atoms with van der Waals surface area (Å²) in [5.41, 5.74) is 0.919. The fourth-order valence-electron chi connectivity index (χ4n) is 2.73. The van der Waals surface area contributed by atoms with Gasteiger partial charge in [0.05, 0.1) is 0 Å². The first kappa shape index (κ1) is 12.4. The molecule has 0 radical (unpaired) electrons. The molecular formula is C14H21N5. The average molecular weight is 259 g/mol. The lowest BCUT2D eigenvalue weighted by molar-refractivity contribution is 0.426. The standard InChI is InChI=1S/C14H21N5/c1-2-9-18(12-6-5-8-15-11-12)14-16-13-7-3-4-10-19(13)17-14/h3-4,7,10,12,15H,2,5-6,8-9,11H2,1H3. The number of hydrogen-bond donors (Lipinski definition) is 1. The van der Waals surface area contributed by atoms with Gasteiger partial charge in [0.2, 0.25) is 5.95 Å². The summed E-state index contributed by atoms with van der Waals surface area (Å²) in [6, 6.07) is 6.50. The molecule has 0 bridgehead atoms. The maximum absolute atomic E-state index is 4.66. The zero-order valence-electron chi connectivity index (χ0n) is 11.4. The van der Waals surface area contributed by atoms with Gasteiger partial charge in [0.25, 0.3) is 0 Å². The van der Waals surface area contributed by atoms with Crippen LogP contribution in [0.2, 0.25) is 0 Å². The summed E-state index contributed by atoms with van der Waals surface area (Å²) in [4.78, 5) is 7.02. The SMILES string of the molecule is CCCN(c1nc2ccccn2n1)C1CCCNC1.